The Morgan fingerprint density at radius 2 is 0.567 bits per heavy atom. The average Bonchev–Trinajstić information content (AvgIpc) is 1.60. The van der Waals surface area contributed by atoms with E-state index in [1.165, 1.54) is 27.7 Å². The Bertz CT molecular complexity index is 3180. The molecular formula is C56H73F19N10O5. The molecule has 5 heterocycles. The van der Waals surface area contributed by atoms with Gasteiger partial charge in [0.1, 0.15) is 22.8 Å². The smallest absolute Gasteiger partial charge is 0.298 e. The summed E-state index contributed by atoms with van der Waals surface area (Å²) in [6.45, 7) is 28.2. The summed E-state index contributed by atoms with van der Waals surface area (Å²) in [4.78, 5) is 54.9. The lowest BCUT2D eigenvalue weighted by molar-refractivity contribution is -0.292. The fourth-order valence-electron chi connectivity index (χ4n) is 7.28. The highest BCUT2D eigenvalue weighted by Gasteiger charge is 2.62. The minimum absolute atomic E-state index is 0.0673. The summed E-state index contributed by atoms with van der Waals surface area (Å²) < 4.78 is 246. The number of alkyl halides is 19. The van der Waals surface area contributed by atoms with Crippen LogP contribution in [-0.4, -0.2) is 90.2 Å². The van der Waals surface area contributed by atoms with Crippen LogP contribution in [0.15, 0.2) is 30.3 Å². The molecule has 5 rings (SSSR count). The summed E-state index contributed by atoms with van der Waals surface area (Å²) in [5, 5.41) is 18.1. The van der Waals surface area contributed by atoms with Crippen molar-refractivity contribution in [1.82, 2.24) is 48.9 Å². The van der Waals surface area contributed by atoms with Gasteiger partial charge in [-0.3, -0.25) is 47.4 Å². The third-order valence-electron chi connectivity index (χ3n) is 11.7. The highest BCUT2D eigenvalue weighted by Crippen LogP contribution is 2.46. The van der Waals surface area contributed by atoms with Crippen molar-refractivity contribution in [3.05, 3.63) is 87.3 Å². The first-order valence-corrected chi connectivity index (χ1v) is 26.8. The fourth-order valence-corrected chi connectivity index (χ4v) is 7.28. The largest absolute Gasteiger partial charge is 0.459 e. The highest BCUT2D eigenvalue weighted by atomic mass is 19.4. The Morgan fingerprint density at radius 1 is 0.322 bits per heavy atom. The van der Waals surface area contributed by atoms with Crippen molar-refractivity contribution < 1.29 is 107 Å². The molecular weight excluding hydrogens is 1250 g/mol. The van der Waals surface area contributed by atoms with E-state index in [1.807, 2.05) is 0 Å². The van der Waals surface area contributed by atoms with Gasteiger partial charge in [-0.05, 0) is 70.9 Å². The van der Waals surface area contributed by atoms with Gasteiger partial charge in [0, 0.05) is 33.0 Å². The summed E-state index contributed by atoms with van der Waals surface area (Å²) in [5.41, 5.74) is -6.53. The van der Waals surface area contributed by atoms with E-state index in [1.54, 1.807) is 96.9 Å². The van der Waals surface area contributed by atoms with Crippen LogP contribution in [0.1, 0.15) is 194 Å². The molecule has 15 nitrogen and oxygen atoms in total. The number of hydrogen-bond donors (Lipinski definition) is 0. The summed E-state index contributed by atoms with van der Waals surface area (Å²) in [6, 6.07) is 4.41. The molecule has 0 saturated heterocycles. The van der Waals surface area contributed by atoms with Crippen LogP contribution in [0.5, 0.6) is 0 Å². The molecule has 0 fully saturated rings. The van der Waals surface area contributed by atoms with Crippen molar-refractivity contribution in [3.63, 3.8) is 0 Å². The van der Waals surface area contributed by atoms with Gasteiger partial charge < -0.3 is 0 Å². The fraction of sp³-hybridized carbons (Fsp3) is 0.643. The highest BCUT2D eigenvalue weighted by molar-refractivity contribution is 5.76. The van der Waals surface area contributed by atoms with Crippen LogP contribution in [0.2, 0.25) is 0 Å². The molecule has 90 heavy (non-hydrogen) atoms. The quantitative estimate of drug-likeness (QED) is 0.103. The molecule has 0 unspecified atom stereocenters. The maximum absolute atomic E-state index is 13.5. The zero-order valence-electron chi connectivity index (χ0n) is 52.7. The summed E-state index contributed by atoms with van der Waals surface area (Å²) in [5.74, 6) is -12.1. The third kappa shape index (κ3) is 23.4. The molecule has 510 valence electrons. The molecule has 5 aromatic rings. The molecule has 0 atom stereocenters. The molecule has 0 aliphatic heterocycles. The predicted octanol–water partition coefficient (Wildman–Crippen LogP) is 15.0. The molecule has 0 aromatic carbocycles. The Hall–Kier alpha value is -6.93. The third-order valence-corrected chi connectivity index (χ3v) is 11.7. The monoisotopic (exact) mass is 1330 g/mol. The molecule has 0 saturated carbocycles. The zero-order chi connectivity index (χ0) is 71.2. The predicted molar refractivity (Wildman–Crippen MR) is 288 cm³/mol. The van der Waals surface area contributed by atoms with Gasteiger partial charge >= 0.3 is 42.7 Å². The van der Waals surface area contributed by atoms with Crippen molar-refractivity contribution in [3.8, 4) is 0 Å². The van der Waals surface area contributed by atoms with Gasteiger partial charge in [-0.2, -0.15) is 109 Å². The second kappa shape index (κ2) is 28.7. The summed E-state index contributed by atoms with van der Waals surface area (Å²) in [6.07, 6.45) is -24.9. The molecule has 0 N–H and O–H groups in total. The van der Waals surface area contributed by atoms with E-state index >= 15 is 0 Å². The summed E-state index contributed by atoms with van der Waals surface area (Å²) >= 11 is 0. The van der Waals surface area contributed by atoms with Gasteiger partial charge in [0.2, 0.25) is 0 Å². The van der Waals surface area contributed by atoms with Crippen LogP contribution in [-0.2, 0) is 109 Å². The Balaban J connectivity index is 0.000000564. The molecule has 34 heteroatoms. The summed E-state index contributed by atoms with van der Waals surface area (Å²) in [7, 11) is 0. The van der Waals surface area contributed by atoms with Crippen LogP contribution in [0, 0.1) is 0 Å². The number of nitrogens with zero attached hydrogens (tertiary/aromatic N) is 10. The molecule has 0 bridgehead atoms. The number of Topliss-reactive ketones (excluding diaryl/α,β-unsaturated/α-hetero) is 5. The van der Waals surface area contributed by atoms with E-state index in [-0.39, 0.29) is 66.6 Å². The van der Waals surface area contributed by atoms with Crippen LogP contribution in [0.3, 0.4) is 0 Å². The number of halogens is 19. The Kier molecular flexibility index (Phi) is 25.9. The van der Waals surface area contributed by atoms with Gasteiger partial charge in [0.25, 0.3) is 0 Å². The van der Waals surface area contributed by atoms with Crippen LogP contribution in [0.25, 0.3) is 0 Å². The second-order valence-corrected chi connectivity index (χ2v) is 25.2. The molecule has 0 spiro atoms. The standard InChI is InChI=1S/2C12H15F5N2O.2C11H15F3N2O.C10H13F3N2O/c1-7(20)6-19-9(10(2,3)4)5-8(18-19)11(13,14)12(15,16)17;1-7(20)6-19-9(11(13,14)12(15,16)17)5-8(18-19)10(2,3)4;1-7(17)6-16-9(10(2,3)4)5-8(15-16)11(12,13)14;1-7(17)6-16-9(11(12,13)14)5-8(15-16)10(2,3)4;1-6(2)8-4-9(10(11,12)13)15(14-8)5-7(3)16/h2*5H,6H2,1-4H3;2*5H,6H2,1-4H3;4,6H,5H2,1-3H3. The molecule has 0 aliphatic rings. The van der Waals surface area contributed by atoms with Crippen molar-refractivity contribution in [2.45, 2.75) is 235 Å². The molecule has 0 amide bonds. The Labute approximate surface area is 506 Å². The minimum atomic E-state index is -5.74. The number of carbonyl (C=O) groups is 5. The molecule has 0 radical (unpaired) electrons. The first-order valence-electron chi connectivity index (χ1n) is 26.8. The number of carbonyl (C=O) groups excluding carboxylic acids is 5. The second-order valence-electron chi connectivity index (χ2n) is 25.2. The number of rotatable bonds is 13. The van der Waals surface area contributed by atoms with Crippen molar-refractivity contribution in [1.29, 1.82) is 0 Å². The van der Waals surface area contributed by atoms with Crippen LogP contribution >= 0.6 is 0 Å². The van der Waals surface area contributed by atoms with Gasteiger partial charge in [0.15, 0.2) is 34.6 Å². The lowest BCUT2D eigenvalue weighted by Crippen LogP contribution is -2.36. The van der Waals surface area contributed by atoms with Gasteiger partial charge in [-0.15, -0.1) is 0 Å². The maximum Gasteiger partial charge on any atom is 0.459 e. The van der Waals surface area contributed by atoms with Gasteiger partial charge in [0.05, 0.1) is 49.8 Å². The normalized spacial score (nSPS) is 13.1. The topological polar surface area (TPSA) is 174 Å². The van der Waals surface area contributed by atoms with Crippen molar-refractivity contribution >= 4 is 28.9 Å². The average molecular weight is 1330 g/mol. The SMILES string of the molecule is CC(=O)Cn1nc(C(C)(C)C)cc1C(F)(F)C(F)(F)F.CC(=O)Cn1nc(C(C)(C)C)cc1C(F)(F)F.CC(=O)Cn1nc(C(C)C)cc1C(F)(F)F.CC(=O)Cn1nc(C(F)(F)C(F)(F)F)cc1C(C)(C)C.CC(=O)Cn1nc(C(F)(F)F)cc1C(C)(C)C. The first-order chi connectivity index (χ1) is 39.8. The maximum atomic E-state index is 13.5. The van der Waals surface area contributed by atoms with Gasteiger partial charge in [-0.1, -0.05) is 96.9 Å². The first kappa shape index (κ1) is 81.1. The number of aromatic nitrogens is 10. The Morgan fingerprint density at radius 3 is 0.833 bits per heavy atom. The number of hydrogen-bond acceptors (Lipinski definition) is 10. The lowest BCUT2D eigenvalue weighted by atomic mass is 9.91. The van der Waals surface area contributed by atoms with E-state index < -0.39 is 105 Å². The van der Waals surface area contributed by atoms with E-state index in [9.17, 15) is 107 Å². The van der Waals surface area contributed by atoms with E-state index in [2.05, 4.69) is 25.5 Å². The van der Waals surface area contributed by atoms with Crippen LogP contribution in [0.4, 0.5) is 83.4 Å². The number of ketones is 5. The lowest BCUT2D eigenvalue weighted by Gasteiger charge is -2.20. The van der Waals surface area contributed by atoms with E-state index in [0.29, 0.717) is 33.9 Å². The van der Waals surface area contributed by atoms with Crippen molar-refractivity contribution in [2.24, 2.45) is 0 Å². The minimum Gasteiger partial charge on any atom is -0.298 e. The molecule has 0 aliphatic carbocycles. The van der Waals surface area contributed by atoms with Gasteiger partial charge in [-0.25, -0.2) is 0 Å². The van der Waals surface area contributed by atoms with E-state index in [0.717, 1.165) is 43.9 Å². The zero-order valence-corrected chi connectivity index (χ0v) is 52.7. The van der Waals surface area contributed by atoms with Crippen LogP contribution < -0.4 is 0 Å². The van der Waals surface area contributed by atoms with Crippen molar-refractivity contribution in [2.75, 3.05) is 0 Å². The molecule has 5 aromatic heterocycles. The van der Waals surface area contributed by atoms with E-state index in [4.69, 9.17) is 0 Å².